The predicted octanol–water partition coefficient (Wildman–Crippen LogP) is 1.93. The SMILES string of the molecule is CCOc1ccc2c(c1)C(=O)NCC2C. The van der Waals surface area contributed by atoms with Crippen LogP contribution < -0.4 is 10.1 Å². The van der Waals surface area contributed by atoms with E-state index >= 15 is 0 Å². The third kappa shape index (κ3) is 1.82. The van der Waals surface area contributed by atoms with Gasteiger partial charge in [0.25, 0.3) is 5.91 Å². The fourth-order valence-electron chi connectivity index (χ4n) is 1.87. The van der Waals surface area contributed by atoms with Crippen LogP contribution in [0, 0.1) is 0 Å². The number of carbonyl (C=O) groups is 1. The van der Waals surface area contributed by atoms with E-state index < -0.39 is 0 Å². The molecule has 3 heteroatoms. The summed E-state index contributed by atoms with van der Waals surface area (Å²) in [5.74, 6) is 1.15. The number of ether oxygens (including phenoxy) is 1. The normalized spacial score (nSPS) is 19.3. The molecule has 0 saturated heterocycles. The molecule has 15 heavy (non-hydrogen) atoms. The molecule has 1 amide bonds. The summed E-state index contributed by atoms with van der Waals surface area (Å²) in [6.45, 7) is 5.39. The number of hydrogen-bond acceptors (Lipinski definition) is 2. The first-order valence-electron chi connectivity index (χ1n) is 5.27. The van der Waals surface area contributed by atoms with Gasteiger partial charge in [-0.15, -0.1) is 0 Å². The van der Waals surface area contributed by atoms with E-state index in [0.29, 0.717) is 12.5 Å². The molecule has 3 nitrogen and oxygen atoms in total. The summed E-state index contributed by atoms with van der Waals surface area (Å²) >= 11 is 0. The molecule has 0 spiro atoms. The van der Waals surface area contributed by atoms with Crippen LogP contribution in [0.15, 0.2) is 18.2 Å². The van der Waals surface area contributed by atoms with E-state index in [1.165, 1.54) is 0 Å². The Morgan fingerprint density at radius 1 is 1.53 bits per heavy atom. The molecule has 1 atom stereocenters. The first-order valence-corrected chi connectivity index (χ1v) is 5.27. The molecule has 0 aliphatic carbocycles. The zero-order valence-electron chi connectivity index (χ0n) is 9.04. The second-order valence-electron chi connectivity index (χ2n) is 3.79. The van der Waals surface area contributed by atoms with Gasteiger partial charge in [-0.2, -0.15) is 0 Å². The van der Waals surface area contributed by atoms with Crippen molar-refractivity contribution in [3.05, 3.63) is 29.3 Å². The van der Waals surface area contributed by atoms with E-state index in [9.17, 15) is 4.79 Å². The molecule has 0 radical (unpaired) electrons. The molecule has 0 aromatic heterocycles. The molecule has 1 unspecified atom stereocenters. The molecule has 0 bridgehead atoms. The van der Waals surface area contributed by atoms with Crippen LogP contribution in [-0.2, 0) is 0 Å². The van der Waals surface area contributed by atoms with Gasteiger partial charge in [0.1, 0.15) is 5.75 Å². The Labute approximate surface area is 89.4 Å². The van der Waals surface area contributed by atoms with Crippen LogP contribution in [0.1, 0.15) is 35.7 Å². The van der Waals surface area contributed by atoms with Crippen LogP contribution >= 0.6 is 0 Å². The Hall–Kier alpha value is -1.51. The van der Waals surface area contributed by atoms with E-state index in [2.05, 4.69) is 12.2 Å². The summed E-state index contributed by atoms with van der Waals surface area (Å²) in [5.41, 5.74) is 1.86. The van der Waals surface area contributed by atoms with Crippen molar-refractivity contribution in [2.75, 3.05) is 13.2 Å². The minimum atomic E-state index is 0.00431. The first kappa shape index (κ1) is 10.0. The third-order valence-electron chi connectivity index (χ3n) is 2.68. The Balaban J connectivity index is 2.40. The van der Waals surface area contributed by atoms with Gasteiger partial charge in [-0.25, -0.2) is 0 Å². The molecule has 1 aliphatic rings. The average molecular weight is 205 g/mol. The molecule has 80 valence electrons. The van der Waals surface area contributed by atoms with Crippen molar-refractivity contribution in [3.8, 4) is 5.75 Å². The van der Waals surface area contributed by atoms with E-state index in [-0.39, 0.29) is 5.91 Å². The fourth-order valence-corrected chi connectivity index (χ4v) is 1.87. The van der Waals surface area contributed by atoms with Crippen LogP contribution in [0.3, 0.4) is 0 Å². The monoisotopic (exact) mass is 205 g/mol. The Bertz CT molecular complexity index is 387. The number of fused-ring (bicyclic) bond motifs is 1. The predicted molar refractivity (Wildman–Crippen MR) is 58.4 cm³/mol. The molecule has 1 N–H and O–H groups in total. The highest BCUT2D eigenvalue weighted by molar-refractivity contribution is 5.97. The largest absolute Gasteiger partial charge is 0.494 e. The highest BCUT2D eigenvalue weighted by Crippen LogP contribution is 2.26. The maximum atomic E-state index is 11.6. The average Bonchev–Trinajstić information content (AvgIpc) is 2.24. The number of rotatable bonds is 2. The number of benzene rings is 1. The highest BCUT2D eigenvalue weighted by atomic mass is 16.5. The van der Waals surface area contributed by atoms with E-state index in [4.69, 9.17) is 4.74 Å². The molecule has 1 heterocycles. The Morgan fingerprint density at radius 2 is 2.33 bits per heavy atom. The summed E-state index contributed by atoms with van der Waals surface area (Å²) < 4.78 is 5.38. The van der Waals surface area contributed by atoms with Crippen LogP contribution in [0.2, 0.25) is 0 Å². The first-order chi connectivity index (χ1) is 7.22. The minimum Gasteiger partial charge on any atom is -0.494 e. The van der Waals surface area contributed by atoms with Gasteiger partial charge in [-0.1, -0.05) is 13.0 Å². The molecular weight excluding hydrogens is 190 g/mol. The van der Waals surface area contributed by atoms with Gasteiger partial charge in [0.15, 0.2) is 0 Å². The van der Waals surface area contributed by atoms with Gasteiger partial charge in [0, 0.05) is 12.1 Å². The van der Waals surface area contributed by atoms with Crippen molar-refractivity contribution >= 4 is 5.91 Å². The van der Waals surface area contributed by atoms with Crippen molar-refractivity contribution in [1.82, 2.24) is 5.32 Å². The van der Waals surface area contributed by atoms with Gasteiger partial charge < -0.3 is 10.1 Å². The summed E-state index contributed by atoms with van der Waals surface area (Å²) in [6.07, 6.45) is 0. The molecule has 0 fully saturated rings. The maximum Gasteiger partial charge on any atom is 0.251 e. The van der Waals surface area contributed by atoms with Crippen LogP contribution in [0.25, 0.3) is 0 Å². The number of amides is 1. The summed E-state index contributed by atoms with van der Waals surface area (Å²) in [7, 11) is 0. The summed E-state index contributed by atoms with van der Waals surface area (Å²) in [6, 6.07) is 5.74. The zero-order chi connectivity index (χ0) is 10.8. The number of nitrogens with one attached hydrogen (secondary N) is 1. The fraction of sp³-hybridized carbons (Fsp3) is 0.417. The molecule has 0 saturated carbocycles. The minimum absolute atomic E-state index is 0.00431. The lowest BCUT2D eigenvalue weighted by Gasteiger charge is -2.23. The number of carbonyl (C=O) groups excluding carboxylic acids is 1. The van der Waals surface area contributed by atoms with E-state index in [0.717, 1.165) is 23.4 Å². The van der Waals surface area contributed by atoms with Crippen molar-refractivity contribution in [2.45, 2.75) is 19.8 Å². The maximum absolute atomic E-state index is 11.6. The van der Waals surface area contributed by atoms with E-state index in [1.807, 2.05) is 25.1 Å². The summed E-state index contributed by atoms with van der Waals surface area (Å²) in [4.78, 5) is 11.6. The third-order valence-corrected chi connectivity index (χ3v) is 2.68. The smallest absolute Gasteiger partial charge is 0.251 e. The molecule has 1 aliphatic heterocycles. The lowest BCUT2D eigenvalue weighted by Crippen LogP contribution is -2.33. The lowest BCUT2D eigenvalue weighted by atomic mass is 9.92. The van der Waals surface area contributed by atoms with Gasteiger partial charge in [-0.05, 0) is 30.5 Å². The van der Waals surface area contributed by atoms with E-state index in [1.54, 1.807) is 0 Å². The van der Waals surface area contributed by atoms with Crippen molar-refractivity contribution in [3.63, 3.8) is 0 Å². The number of hydrogen-bond donors (Lipinski definition) is 1. The zero-order valence-corrected chi connectivity index (χ0v) is 9.04. The lowest BCUT2D eigenvalue weighted by molar-refractivity contribution is 0.0940. The van der Waals surface area contributed by atoms with Crippen molar-refractivity contribution in [1.29, 1.82) is 0 Å². The second kappa shape index (κ2) is 3.93. The van der Waals surface area contributed by atoms with Crippen LogP contribution in [0.4, 0.5) is 0 Å². The van der Waals surface area contributed by atoms with Crippen molar-refractivity contribution < 1.29 is 9.53 Å². The van der Waals surface area contributed by atoms with Gasteiger partial charge in [0.2, 0.25) is 0 Å². The Morgan fingerprint density at radius 3 is 3.07 bits per heavy atom. The molecular formula is C12H15NO2. The van der Waals surface area contributed by atoms with Crippen LogP contribution in [0.5, 0.6) is 5.75 Å². The summed E-state index contributed by atoms with van der Waals surface area (Å²) in [5, 5.41) is 2.86. The van der Waals surface area contributed by atoms with Gasteiger partial charge >= 0.3 is 0 Å². The molecule has 1 aromatic rings. The van der Waals surface area contributed by atoms with Crippen LogP contribution in [-0.4, -0.2) is 19.1 Å². The second-order valence-corrected chi connectivity index (χ2v) is 3.79. The quantitative estimate of drug-likeness (QED) is 0.801. The van der Waals surface area contributed by atoms with Gasteiger partial charge in [0.05, 0.1) is 6.61 Å². The van der Waals surface area contributed by atoms with Gasteiger partial charge in [-0.3, -0.25) is 4.79 Å². The topological polar surface area (TPSA) is 38.3 Å². The standard InChI is InChI=1S/C12H15NO2/c1-3-15-9-4-5-10-8(2)7-13-12(14)11(10)6-9/h4-6,8H,3,7H2,1-2H3,(H,13,14). The molecule has 2 rings (SSSR count). The Kier molecular flexibility index (Phi) is 2.62. The highest BCUT2D eigenvalue weighted by Gasteiger charge is 2.22. The molecule has 1 aromatic carbocycles. The van der Waals surface area contributed by atoms with Crippen molar-refractivity contribution in [2.24, 2.45) is 0 Å².